The maximum atomic E-state index is 12.6. The summed E-state index contributed by atoms with van der Waals surface area (Å²) in [6.45, 7) is 0. The number of imidazole rings is 1. The van der Waals surface area contributed by atoms with Crippen molar-refractivity contribution in [1.29, 1.82) is 0 Å². The molecule has 0 fully saturated rings. The molecule has 0 radical (unpaired) electrons. The number of benzene rings is 2. The van der Waals surface area contributed by atoms with Crippen molar-refractivity contribution in [3.63, 3.8) is 0 Å². The lowest BCUT2D eigenvalue weighted by Gasteiger charge is -2.13. The Morgan fingerprint density at radius 3 is 2.70 bits per heavy atom. The quantitative estimate of drug-likeness (QED) is 0.580. The van der Waals surface area contributed by atoms with E-state index in [2.05, 4.69) is 20.3 Å². The molecule has 2 aromatic carbocycles. The summed E-state index contributed by atoms with van der Waals surface area (Å²) in [5, 5.41) is 2.95. The molecule has 1 amide bonds. The first-order valence-corrected chi connectivity index (χ1v) is 8.60. The number of carbonyl (C=O) groups excluding carboxylic acids is 1. The molecule has 0 spiro atoms. The summed E-state index contributed by atoms with van der Waals surface area (Å²) < 4.78 is 0. The third-order valence-electron chi connectivity index (χ3n) is 4.28. The van der Waals surface area contributed by atoms with Crippen LogP contribution in [0.1, 0.15) is 10.4 Å². The van der Waals surface area contributed by atoms with Crippen LogP contribution >= 0.6 is 0 Å². The largest absolute Gasteiger partial charge is 0.378 e. The van der Waals surface area contributed by atoms with Gasteiger partial charge in [-0.3, -0.25) is 4.79 Å². The summed E-state index contributed by atoms with van der Waals surface area (Å²) in [5.41, 5.74) is 4.73. The van der Waals surface area contributed by atoms with Crippen molar-refractivity contribution >= 4 is 28.4 Å². The average Bonchev–Trinajstić information content (AvgIpc) is 3.12. The Bertz CT molecular complexity index is 1080. The molecule has 0 saturated heterocycles. The number of aromatic nitrogens is 3. The van der Waals surface area contributed by atoms with Gasteiger partial charge in [0.25, 0.3) is 5.91 Å². The fourth-order valence-electron chi connectivity index (χ4n) is 2.85. The third kappa shape index (κ3) is 3.50. The molecule has 4 aromatic rings. The first-order valence-electron chi connectivity index (χ1n) is 8.60. The number of rotatable bonds is 4. The Morgan fingerprint density at radius 1 is 1.04 bits per heavy atom. The summed E-state index contributed by atoms with van der Waals surface area (Å²) in [6, 6.07) is 18.9. The minimum absolute atomic E-state index is 0.151. The van der Waals surface area contributed by atoms with Gasteiger partial charge in [0.15, 0.2) is 5.65 Å². The molecule has 0 atom stereocenters. The van der Waals surface area contributed by atoms with Gasteiger partial charge >= 0.3 is 0 Å². The van der Waals surface area contributed by atoms with E-state index in [9.17, 15) is 4.79 Å². The molecule has 2 N–H and O–H groups in total. The number of nitrogens with one attached hydrogen (secondary N) is 2. The van der Waals surface area contributed by atoms with Gasteiger partial charge in [-0.15, -0.1) is 0 Å². The molecule has 27 heavy (non-hydrogen) atoms. The van der Waals surface area contributed by atoms with Gasteiger partial charge in [-0.05, 0) is 42.5 Å². The van der Waals surface area contributed by atoms with Crippen LogP contribution in [-0.4, -0.2) is 35.0 Å². The maximum absolute atomic E-state index is 12.6. The van der Waals surface area contributed by atoms with Crippen LogP contribution in [0.15, 0.2) is 66.9 Å². The molecule has 2 aromatic heterocycles. The van der Waals surface area contributed by atoms with E-state index in [4.69, 9.17) is 0 Å². The van der Waals surface area contributed by atoms with Gasteiger partial charge in [0.1, 0.15) is 5.82 Å². The number of amides is 1. The number of fused-ring (bicyclic) bond motifs is 1. The van der Waals surface area contributed by atoms with Crippen LogP contribution in [0.3, 0.4) is 0 Å². The lowest BCUT2D eigenvalue weighted by molar-refractivity contribution is 0.102. The maximum Gasteiger partial charge on any atom is 0.255 e. The van der Waals surface area contributed by atoms with Gasteiger partial charge in [0.2, 0.25) is 0 Å². The lowest BCUT2D eigenvalue weighted by atomic mass is 10.1. The molecule has 6 heteroatoms. The monoisotopic (exact) mass is 357 g/mol. The van der Waals surface area contributed by atoms with E-state index in [1.54, 1.807) is 12.3 Å². The molecule has 0 aliphatic heterocycles. The highest BCUT2D eigenvalue weighted by Gasteiger charge is 2.10. The molecule has 0 aliphatic carbocycles. The molecule has 0 saturated carbocycles. The highest BCUT2D eigenvalue weighted by atomic mass is 16.1. The molecule has 2 heterocycles. The number of H-pyrrole nitrogens is 1. The fourth-order valence-corrected chi connectivity index (χ4v) is 2.85. The molecule has 0 bridgehead atoms. The van der Waals surface area contributed by atoms with Crippen LogP contribution in [0.2, 0.25) is 0 Å². The van der Waals surface area contributed by atoms with Crippen molar-refractivity contribution in [2.45, 2.75) is 0 Å². The second-order valence-corrected chi connectivity index (χ2v) is 6.44. The number of carbonyl (C=O) groups is 1. The number of nitrogens with zero attached hydrogens (tertiary/aromatic N) is 3. The van der Waals surface area contributed by atoms with Crippen LogP contribution in [0.5, 0.6) is 0 Å². The Kier molecular flexibility index (Phi) is 4.30. The molecular weight excluding hydrogens is 338 g/mol. The average molecular weight is 357 g/mol. The summed E-state index contributed by atoms with van der Waals surface area (Å²) in [4.78, 5) is 26.6. The molecule has 6 nitrogen and oxygen atoms in total. The molecule has 4 rings (SSSR count). The normalized spacial score (nSPS) is 10.7. The highest BCUT2D eigenvalue weighted by molar-refractivity contribution is 6.05. The van der Waals surface area contributed by atoms with E-state index in [0.29, 0.717) is 16.9 Å². The Labute approximate surface area is 156 Å². The Balaban J connectivity index is 1.59. The van der Waals surface area contributed by atoms with Crippen molar-refractivity contribution in [3.05, 3.63) is 72.4 Å². The first-order chi connectivity index (χ1) is 13.1. The van der Waals surface area contributed by atoms with E-state index < -0.39 is 0 Å². The van der Waals surface area contributed by atoms with Crippen LogP contribution in [-0.2, 0) is 0 Å². The third-order valence-corrected chi connectivity index (χ3v) is 4.28. The number of hydrogen-bond acceptors (Lipinski definition) is 4. The Morgan fingerprint density at radius 2 is 1.89 bits per heavy atom. The van der Waals surface area contributed by atoms with E-state index in [1.807, 2.05) is 73.6 Å². The predicted molar refractivity (Wildman–Crippen MR) is 108 cm³/mol. The van der Waals surface area contributed by atoms with Gasteiger partial charge in [0, 0.05) is 42.8 Å². The zero-order valence-electron chi connectivity index (χ0n) is 15.1. The van der Waals surface area contributed by atoms with Crippen molar-refractivity contribution in [3.8, 4) is 11.4 Å². The molecule has 0 unspecified atom stereocenters. The smallest absolute Gasteiger partial charge is 0.255 e. The van der Waals surface area contributed by atoms with Crippen molar-refractivity contribution in [1.82, 2.24) is 15.0 Å². The topological polar surface area (TPSA) is 73.9 Å². The van der Waals surface area contributed by atoms with E-state index >= 15 is 0 Å². The van der Waals surface area contributed by atoms with Gasteiger partial charge in [-0.1, -0.05) is 18.2 Å². The fraction of sp³-hybridized carbons (Fsp3) is 0.0952. The number of hydrogen-bond donors (Lipinski definition) is 2. The van der Waals surface area contributed by atoms with Gasteiger partial charge in [-0.25, -0.2) is 9.97 Å². The summed E-state index contributed by atoms with van der Waals surface area (Å²) in [7, 11) is 3.89. The standard InChI is InChI=1S/C21H19N5O/c1-26(2)17-9-4-7-15(13-17)21(27)23-16-8-3-6-14(12-16)19-24-18-10-5-11-22-20(18)25-19/h3-13H,1-2H3,(H,23,27)(H,22,24,25). The highest BCUT2D eigenvalue weighted by Crippen LogP contribution is 2.23. The SMILES string of the molecule is CN(C)c1cccc(C(=O)Nc2cccc(-c3nc4ncccc4[nH]3)c2)c1. The van der Waals surface area contributed by atoms with E-state index in [1.165, 1.54) is 0 Å². The summed E-state index contributed by atoms with van der Waals surface area (Å²) in [6.07, 6.45) is 1.71. The number of pyridine rings is 1. The van der Waals surface area contributed by atoms with E-state index in [0.717, 1.165) is 22.6 Å². The van der Waals surface area contributed by atoms with Crippen LogP contribution in [0.25, 0.3) is 22.6 Å². The second-order valence-electron chi connectivity index (χ2n) is 6.44. The van der Waals surface area contributed by atoms with Crippen molar-refractivity contribution in [2.75, 3.05) is 24.3 Å². The van der Waals surface area contributed by atoms with Crippen molar-refractivity contribution in [2.24, 2.45) is 0 Å². The van der Waals surface area contributed by atoms with Crippen LogP contribution in [0.4, 0.5) is 11.4 Å². The van der Waals surface area contributed by atoms with Gasteiger partial charge < -0.3 is 15.2 Å². The summed E-state index contributed by atoms with van der Waals surface area (Å²) >= 11 is 0. The van der Waals surface area contributed by atoms with Gasteiger partial charge in [0.05, 0.1) is 5.52 Å². The Hall–Kier alpha value is -3.67. The lowest BCUT2D eigenvalue weighted by Crippen LogP contribution is -2.14. The minimum Gasteiger partial charge on any atom is -0.378 e. The molecular formula is C21H19N5O. The van der Waals surface area contributed by atoms with Crippen molar-refractivity contribution < 1.29 is 4.79 Å². The van der Waals surface area contributed by atoms with Crippen LogP contribution in [0, 0.1) is 0 Å². The van der Waals surface area contributed by atoms with Crippen LogP contribution < -0.4 is 10.2 Å². The minimum atomic E-state index is -0.151. The first kappa shape index (κ1) is 16.8. The zero-order chi connectivity index (χ0) is 18.8. The predicted octanol–water partition coefficient (Wildman–Crippen LogP) is 3.94. The van der Waals surface area contributed by atoms with E-state index in [-0.39, 0.29) is 5.91 Å². The zero-order valence-corrected chi connectivity index (χ0v) is 15.1. The number of aromatic amines is 1. The summed E-state index contributed by atoms with van der Waals surface area (Å²) in [5.74, 6) is 0.566. The van der Waals surface area contributed by atoms with Gasteiger partial charge in [-0.2, -0.15) is 0 Å². The second kappa shape index (κ2) is 6.92. The molecule has 0 aliphatic rings. The number of anilines is 2. The molecule has 134 valence electrons.